The highest BCUT2D eigenvalue weighted by Crippen LogP contribution is 2.34. The molecule has 1 aromatic heterocycles. The number of aliphatic carboxylic acids is 1. The molecule has 19 heavy (non-hydrogen) atoms. The molecule has 8 heteroatoms. The van der Waals surface area contributed by atoms with Crippen LogP contribution in [0.25, 0.3) is 0 Å². The van der Waals surface area contributed by atoms with E-state index in [1.165, 1.54) is 23.5 Å². The number of hydrogen-bond acceptors (Lipinski definition) is 4. The van der Waals surface area contributed by atoms with E-state index in [2.05, 4.69) is 26.2 Å². The van der Waals surface area contributed by atoms with Gasteiger partial charge in [0.05, 0.1) is 22.8 Å². The summed E-state index contributed by atoms with van der Waals surface area (Å²) in [4.78, 5) is 14.7. The van der Waals surface area contributed by atoms with Gasteiger partial charge in [0.25, 0.3) is 0 Å². The van der Waals surface area contributed by atoms with Gasteiger partial charge in [-0.2, -0.15) is 0 Å². The van der Waals surface area contributed by atoms with Crippen molar-refractivity contribution in [2.45, 2.75) is 6.42 Å². The van der Waals surface area contributed by atoms with Crippen LogP contribution >= 0.6 is 38.9 Å². The van der Waals surface area contributed by atoms with Gasteiger partial charge in [-0.25, -0.2) is 9.37 Å². The van der Waals surface area contributed by atoms with Crippen molar-refractivity contribution in [3.05, 3.63) is 38.5 Å². The molecule has 0 aliphatic carbocycles. The molecule has 0 fully saturated rings. The zero-order chi connectivity index (χ0) is 14.0. The summed E-state index contributed by atoms with van der Waals surface area (Å²) in [5, 5.41) is 13.9. The van der Waals surface area contributed by atoms with Crippen molar-refractivity contribution in [2.75, 3.05) is 5.32 Å². The van der Waals surface area contributed by atoms with Crippen LogP contribution in [0.4, 0.5) is 15.2 Å². The number of carbonyl (C=O) groups is 1. The number of carboxylic acids is 1. The maximum atomic E-state index is 13.1. The molecule has 0 aliphatic heterocycles. The Labute approximate surface area is 125 Å². The SMILES string of the molecule is O=C(O)Cc1csc(Nc2c(Cl)cc(F)cc2Br)n1. The molecule has 0 radical (unpaired) electrons. The van der Waals surface area contributed by atoms with Gasteiger partial charge in [-0.05, 0) is 28.1 Å². The number of nitrogens with one attached hydrogen (secondary N) is 1. The lowest BCUT2D eigenvalue weighted by Crippen LogP contribution is -2.00. The first kappa shape index (κ1) is 14.2. The van der Waals surface area contributed by atoms with Crippen molar-refractivity contribution in [3.8, 4) is 0 Å². The fraction of sp³-hybridized carbons (Fsp3) is 0.0909. The van der Waals surface area contributed by atoms with Gasteiger partial charge < -0.3 is 10.4 Å². The number of thiazole rings is 1. The zero-order valence-corrected chi connectivity index (χ0v) is 12.4. The van der Waals surface area contributed by atoms with Crippen molar-refractivity contribution in [2.24, 2.45) is 0 Å². The first-order chi connectivity index (χ1) is 8.95. The van der Waals surface area contributed by atoms with Crippen LogP contribution < -0.4 is 5.32 Å². The molecule has 0 spiro atoms. The quantitative estimate of drug-likeness (QED) is 0.857. The predicted octanol–water partition coefficient (Wildman–Crippen LogP) is 4.07. The Kier molecular flexibility index (Phi) is 4.38. The van der Waals surface area contributed by atoms with Gasteiger partial charge in [0, 0.05) is 9.85 Å². The number of benzene rings is 1. The average Bonchev–Trinajstić information content (AvgIpc) is 2.70. The molecule has 0 atom stereocenters. The van der Waals surface area contributed by atoms with Crippen LogP contribution in [0.1, 0.15) is 5.69 Å². The lowest BCUT2D eigenvalue weighted by molar-refractivity contribution is -0.136. The summed E-state index contributed by atoms with van der Waals surface area (Å²) >= 11 is 10.4. The number of hydrogen-bond donors (Lipinski definition) is 2. The Balaban J connectivity index is 2.22. The second-order valence-electron chi connectivity index (χ2n) is 3.58. The number of rotatable bonds is 4. The van der Waals surface area contributed by atoms with Crippen LogP contribution in [0.2, 0.25) is 5.02 Å². The lowest BCUT2D eigenvalue weighted by Gasteiger charge is -2.07. The molecule has 1 aromatic carbocycles. The third kappa shape index (κ3) is 3.65. The number of carboxylic acid groups (broad SMARTS) is 1. The Morgan fingerprint density at radius 3 is 2.95 bits per heavy atom. The second-order valence-corrected chi connectivity index (χ2v) is 5.70. The van der Waals surface area contributed by atoms with E-state index < -0.39 is 11.8 Å². The van der Waals surface area contributed by atoms with Gasteiger partial charge >= 0.3 is 5.97 Å². The number of nitrogens with zero attached hydrogens (tertiary/aromatic N) is 1. The summed E-state index contributed by atoms with van der Waals surface area (Å²) in [5.41, 5.74) is 0.939. The van der Waals surface area contributed by atoms with Gasteiger partial charge in [-0.1, -0.05) is 11.6 Å². The van der Waals surface area contributed by atoms with Crippen molar-refractivity contribution in [3.63, 3.8) is 0 Å². The van der Waals surface area contributed by atoms with Crippen LogP contribution in [0.15, 0.2) is 22.0 Å². The summed E-state index contributed by atoms with van der Waals surface area (Å²) < 4.78 is 13.5. The lowest BCUT2D eigenvalue weighted by atomic mass is 10.3. The molecule has 1 heterocycles. The topological polar surface area (TPSA) is 62.2 Å². The summed E-state index contributed by atoms with van der Waals surface area (Å²) in [5.74, 6) is -1.40. The summed E-state index contributed by atoms with van der Waals surface area (Å²) in [6.45, 7) is 0. The van der Waals surface area contributed by atoms with Crippen molar-refractivity contribution >= 4 is 55.7 Å². The third-order valence-corrected chi connectivity index (χ3v) is 3.85. The number of halogens is 3. The largest absolute Gasteiger partial charge is 0.481 e. The Bertz CT molecular complexity index is 612. The standard InChI is InChI=1S/C11H7BrClFN2O2S/c12-7-1-5(14)2-8(13)10(7)16-11-15-6(4-19-11)3-9(17)18/h1-2,4H,3H2,(H,15,16)(H,17,18). The summed E-state index contributed by atoms with van der Waals surface area (Å²) in [6, 6.07) is 2.46. The van der Waals surface area contributed by atoms with E-state index in [1.807, 2.05) is 0 Å². The summed E-state index contributed by atoms with van der Waals surface area (Å²) in [6.07, 6.45) is -0.142. The Morgan fingerprint density at radius 2 is 2.32 bits per heavy atom. The first-order valence-corrected chi connectivity index (χ1v) is 7.08. The monoisotopic (exact) mass is 364 g/mol. The van der Waals surface area contributed by atoms with E-state index in [1.54, 1.807) is 5.38 Å². The van der Waals surface area contributed by atoms with Crippen LogP contribution in [0, 0.1) is 5.82 Å². The molecule has 0 bridgehead atoms. The molecule has 0 unspecified atom stereocenters. The molecule has 0 aliphatic rings. The minimum atomic E-state index is -0.946. The summed E-state index contributed by atoms with van der Waals surface area (Å²) in [7, 11) is 0. The van der Waals surface area contributed by atoms with E-state index in [4.69, 9.17) is 16.7 Å². The molecule has 0 saturated carbocycles. The first-order valence-electron chi connectivity index (χ1n) is 5.03. The van der Waals surface area contributed by atoms with Gasteiger partial charge in [-0.15, -0.1) is 11.3 Å². The molecule has 0 amide bonds. The smallest absolute Gasteiger partial charge is 0.309 e. The number of aromatic nitrogens is 1. The van der Waals surface area contributed by atoms with E-state index in [-0.39, 0.29) is 11.4 Å². The minimum Gasteiger partial charge on any atom is -0.481 e. The average molecular weight is 366 g/mol. The highest BCUT2D eigenvalue weighted by Gasteiger charge is 2.11. The normalized spacial score (nSPS) is 10.5. The fourth-order valence-electron chi connectivity index (χ4n) is 1.37. The minimum absolute atomic E-state index is 0.142. The third-order valence-electron chi connectivity index (χ3n) is 2.12. The molecular formula is C11H7BrClFN2O2S. The molecule has 100 valence electrons. The van der Waals surface area contributed by atoms with Crippen LogP contribution in [-0.2, 0) is 11.2 Å². The van der Waals surface area contributed by atoms with E-state index in [0.717, 1.165) is 0 Å². The molecule has 2 rings (SSSR count). The molecule has 2 N–H and O–H groups in total. The Morgan fingerprint density at radius 1 is 1.58 bits per heavy atom. The number of anilines is 2. The maximum absolute atomic E-state index is 13.1. The van der Waals surface area contributed by atoms with E-state index in [0.29, 0.717) is 21.0 Å². The fourth-order valence-corrected chi connectivity index (χ4v) is 2.98. The molecular weight excluding hydrogens is 359 g/mol. The molecule has 0 saturated heterocycles. The van der Waals surface area contributed by atoms with Crippen LogP contribution in [0.5, 0.6) is 0 Å². The van der Waals surface area contributed by atoms with Gasteiger partial charge in [-0.3, -0.25) is 4.79 Å². The molecule has 2 aromatic rings. The van der Waals surface area contributed by atoms with Gasteiger partial charge in [0.2, 0.25) is 0 Å². The second kappa shape index (κ2) is 5.85. The van der Waals surface area contributed by atoms with Crippen LogP contribution in [0.3, 0.4) is 0 Å². The maximum Gasteiger partial charge on any atom is 0.309 e. The van der Waals surface area contributed by atoms with Crippen LogP contribution in [-0.4, -0.2) is 16.1 Å². The van der Waals surface area contributed by atoms with Gasteiger partial charge in [0.15, 0.2) is 5.13 Å². The van der Waals surface area contributed by atoms with Gasteiger partial charge in [0.1, 0.15) is 5.82 Å². The van der Waals surface area contributed by atoms with Crippen molar-refractivity contribution in [1.82, 2.24) is 4.98 Å². The van der Waals surface area contributed by atoms with Crippen molar-refractivity contribution in [1.29, 1.82) is 0 Å². The highest BCUT2D eigenvalue weighted by atomic mass is 79.9. The highest BCUT2D eigenvalue weighted by molar-refractivity contribution is 9.10. The van der Waals surface area contributed by atoms with E-state index >= 15 is 0 Å². The Hall–Kier alpha value is -1.18. The van der Waals surface area contributed by atoms with Crippen molar-refractivity contribution < 1.29 is 14.3 Å². The zero-order valence-electron chi connectivity index (χ0n) is 9.28. The molecule has 4 nitrogen and oxygen atoms in total. The van der Waals surface area contributed by atoms with E-state index in [9.17, 15) is 9.18 Å². The predicted molar refractivity (Wildman–Crippen MR) is 75.8 cm³/mol.